The molecule has 0 aliphatic carbocycles. The lowest BCUT2D eigenvalue weighted by molar-refractivity contribution is -0.111. The van der Waals surface area contributed by atoms with Gasteiger partial charge in [-0.3, -0.25) is 14.2 Å². The van der Waals surface area contributed by atoms with Gasteiger partial charge in [0.05, 0.1) is 17.2 Å². The number of nitrogens with one attached hydrogen (secondary N) is 2. The van der Waals surface area contributed by atoms with E-state index in [1.807, 2.05) is 54.7 Å². The molecule has 6 heteroatoms. The van der Waals surface area contributed by atoms with Crippen LogP contribution in [0.1, 0.15) is 11.1 Å². The predicted octanol–water partition coefficient (Wildman–Crippen LogP) is 4.77. The van der Waals surface area contributed by atoms with Gasteiger partial charge in [-0.05, 0) is 47.9 Å². The van der Waals surface area contributed by atoms with Crippen molar-refractivity contribution in [2.75, 3.05) is 5.32 Å². The number of carbonyl (C=O) groups excluding carboxylic acids is 1. The zero-order valence-corrected chi connectivity index (χ0v) is 17.9. The molecule has 0 bridgehead atoms. The van der Waals surface area contributed by atoms with Gasteiger partial charge in [-0.1, -0.05) is 48.5 Å². The van der Waals surface area contributed by atoms with Gasteiger partial charge >= 0.3 is 0 Å². The summed E-state index contributed by atoms with van der Waals surface area (Å²) in [6, 6.07) is 22.9. The Labute approximate surface area is 190 Å². The van der Waals surface area contributed by atoms with E-state index in [4.69, 9.17) is 0 Å². The number of nitrogens with zero attached hydrogens (tertiary/aromatic N) is 2. The van der Waals surface area contributed by atoms with Crippen molar-refractivity contribution >= 4 is 39.5 Å². The molecule has 0 aliphatic rings. The lowest BCUT2D eigenvalue weighted by atomic mass is 10.1. The molecule has 3 aromatic carbocycles. The third-order valence-corrected chi connectivity index (χ3v) is 5.62. The van der Waals surface area contributed by atoms with Gasteiger partial charge in [0.2, 0.25) is 5.91 Å². The van der Waals surface area contributed by atoms with Gasteiger partial charge in [0.15, 0.2) is 0 Å². The van der Waals surface area contributed by atoms with Gasteiger partial charge in [-0.15, -0.1) is 0 Å². The highest BCUT2D eigenvalue weighted by Gasteiger charge is 2.08. The number of aryl methyl sites for hydroxylation is 2. The number of aromatic amines is 1. The standard InChI is InChI=1S/C27H22N4O2/c32-26(13-10-19-6-2-1-3-7-19)30-21-11-12-25-23(16-21)27(33)31(18-29-25)15-14-20-17-28-24-9-5-4-8-22(20)24/h1-13,16-18,28H,14-15H2,(H,30,32). The van der Waals surface area contributed by atoms with E-state index in [0.717, 1.165) is 22.0 Å². The smallest absolute Gasteiger partial charge is 0.261 e. The number of hydrogen-bond acceptors (Lipinski definition) is 3. The molecule has 2 N–H and O–H groups in total. The molecular weight excluding hydrogens is 412 g/mol. The van der Waals surface area contributed by atoms with Crippen molar-refractivity contribution in [2.45, 2.75) is 13.0 Å². The first-order chi connectivity index (χ1) is 16.2. The van der Waals surface area contributed by atoms with E-state index in [9.17, 15) is 9.59 Å². The summed E-state index contributed by atoms with van der Waals surface area (Å²) in [6.45, 7) is 0.514. The van der Waals surface area contributed by atoms with Crippen LogP contribution in [0.25, 0.3) is 27.9 Å². The summed E-state index contributed by atoms with van der Waals surface area (Å²) in [5.74, 6) is -0.262. The van der Waals surface area contributed by atoms with Gasteiger partial charge < -0.3 is 10.3 Å². The maximum atomic E-state index is 13.1. The number of H-pyrrole nitrogens is 1. The molecular formula is C27H22N4O2. The Balaban J connectivity index is 1.34. The summed E-state index contributed by atoms with van der Waals surface area (Å²) in [7, 11) is 0. The van der Waals surface area contributed by atoms with Gasteiger partial charge in [-0.25, -0.2) is 4.98 Å². The van der Waals surface area contributed by atoms with Crippen molar-refractivity contribution in [1.82, 2.24) is 14.5 Å². The first kappa shape index (κ1) is 20.5. The van der Waals surface area contributed by atoms with Crippen LogP contribution in [0.15, 0.2) is 96.2 Å². The van der Waals surface area contributed by atoms with E-state index in [2.05, 4.69) is 21.4 Å². The predicted molar refractivity (Wildman–Crippen MR) is 132 cm³/mol. The van der Waals surface area contributed by atoms with Crippen LogP contribution in [0.2, 0.25) is 0 Å². The van der Waals surface area contributed by atoms with E-state index in [1.165, 1.54) is 6.08 Å². The van der Waals surface area contributed by atoms with E-state index in [-0.39, 0.29) is 11.5 Å². The summed E-state index contributed by atoms with van der Waals surface area (Å²) in [6.07, 6.45) is 7.50. The Morgan fingerprint density at radius 3 is 2.70 bits per heavy atom. The van der Waals surface area contributed by atoms with E-state index in [1.54, 1.807) is 35.2 Å². The number of hydrogen-bond donors (Lipinski definition) is 2. The second kappa shape index (κ2) is 8.96. The maximum Gasteiger partial charge on any atom is 0.261 e. The lowest BCUT2D eigenvalue weighted by Gasteiger charge is -2.08. The van der Waals surface area contributed by atoms with Crippen LogP contribution >= 0.6 is 0 Å². The molecule has 1 amide bonds. The molecule has 2 aromatic heterocycles. The molecule has 0 spiro atoms. The summed E-state index contributed by atoms with van der Waals surface area (Å²) >= 11 is 0. The van der Waals surface area contributed by atoms with Crippen LogP contribution in [-0.4, -0.2) is 20.4 Å². The number of fused-ring (bicyclic) bond motifs is 2. The van der Waals surface area contributed by atoms with E-state index < -0.39 is 0 Å². The van der Waals surface area contributed by atoms with Crippen LogP contribution in [0, 0.1) is 0 Å². The molecule has 6 nitrogen and oxygen atoms in total. The second-order valence-electron chi connectivity index (χ2n) is 7.82. The first-order valence-electron chi connectivity index (χ1n) is 10.8. The minimum Gasteiger partial charge on any atom is -0.361 e. The van der Waals surface area contributed by atoms with Gasteiger partial charge in [0.25, 0.3) is 5.56 Å². The molecule has 0 fully saturated rings. The van der Waals surface area contributed by atoms with Crippen molar-refractivity contribution in [3.05, 3.63) is 113 Å². The number of para-hydroxylation sites is 1. The highest BCUT2D eigenvalue weighted by atomic mass is 16.1. The SMILES string of the molecule is O=C(C=Cc1ccccc1)Nc1ccc2ncn(CCc3c[nH]c4ccccc34)c(=O)c2c1. The van der Waals surface area contributed by atoms with Gasteiger partial charge in [-0.2, -0.15) is 0 Å². The minimum atomic E-state index is -0.262. The zero-order valence-electron chi connectivity index (χ0n) is 17.9. The number of anilines is 1. The normalized spacial score (nSPS) is 11.4. The fourth-order valence-electron chi connectivity index (χ4n) is 3.90. The molecule has 162 valence electrons. The zero-order chi connectivity index (χ0) is 22.6. The summed E-state index contributed by atoms with van der Waals surface area (Å²) in [5, 5.41) is 4.45. The monoisotopic (exact) mass is 434 g/mol. The Morgan fingerprint density at radius 1 is 1.00 bits per heavy atom. The summed E-state index contributed by atoms with van der Waals surface area (Å²) in [5.41, 5.74) is 4.20. The Hall–Kier alpha value is -4.45. The van der Waals surface area contributed by atoms with Gasteiger partial charge in [0.1, 0.15) is 0 Å². The molecule has 0 aliphatic heterocycles. The number of carbonyl (C=O) groups is 1. The summed E-state index contributed by atoms with van der Waals surface area (Å²) in [4.78, 5) is 33.1. The summed E-state index contributed by atoms with van der Waals surface area (Å²) < 4.78 is 1.62. The largest absolute Gasteiger partial charge is 0.361 e. The fourth-order valence-corrected chi connectivity index (χ4v) is 3.90. The Kier molecular flexibility index (Phi) is 5.55. The number of rotatable bonds is 6. The van der Waals surface area contributed by atoms with Gasteiger partial charge in [0, 0.05) is 35.4 Å². The first-order valence-corrected chi connectivity index (χ1v) is 10.8. The van der Waals surface area contributed by atoms with Crippen molar-refractivity contribution in [3.63, 3.8) is 0 Å². The molecule has 5 aromatic rings. The van der Waals surface area contributed by atoms with Crippen LogP contribution in [-0.2, 0) is 17.8 Å². The molecule has 0 atom stereocenters. The maximum absolute atomic E-state index is 13.1. The van der Waals surface area contributed by atoms with Crippen molar-refractivity contribution < 1.29 is 4.79 Å². The van der Waals surface area contributed by atoms with Crippen molar-refractivity contribution in [1.29, 1.82) is 0 Å². The van der Waals surface area contributed by atoms with Crippen LogP contribution in [0.4, 0.5) is 5.69 Å². The Morgan fingerprint density at radius 2 is 1.82 bits per heavy atom. The molecule has 2 heterocycles. The third kappa shape index (κ3) is 4.45. The number of amides is 1. The molecule has 0 unspecified atom stereocenters. The average molecular weight is 434 g/mol. The minimum absolute atomic E-state index is 0.129. The molecule has 33 heavy (non-hydrogen) atoms. The molecule has 5 rings (SSSR count). The van der Waals surface area contributed by atoms with E-state index in [0.29, 0.717) is 29.6 Å². The van der Waals surface area contributed by atoms with Crippen molar-refractivity contribution in [2.24, 2.45) is 0 Å². The third-order valence-electron chi connectivity index (χ3n) is 5.62. The van der Waals surface area contributed by atoms with Crippen molar-refractivity contribution in [3.8, 4) is 0 Å². The second-order valence-corrected chi connectivity index (χ2v) is 7.82. The average Bonchev–Trinajstić information content (AvgIpc) is 3.26. The Bertz CT molecular complexity index is 1530. The van der Waals surface area contributed by atoms with Crippen LogP contribution < -0.4 is 10.9 Å². The molecule has 0 radical (unpaired) electrons. The van der Waals surface area contributed by atoms with E-state index >= 15 is 0 Å². The highest BCUT2D eigenvalue weighted by molar-refractivity contribution is 6.02. The lowest BCUT2D eigenvalue weighted by Crippen LogP contribution is -2.21. The molecule has 0 saturated carbocycles. The quantitative estimate of drug-likeness (QED) is 0.378. The fraction of sp³-hybridized carbons (Fsp3) is 0.0741. The van der Waals surface area contributed by atoms with Crippen LogP contribution in [0.5, 0.6) is 0 Å². The highest BCUT2D eigenvalue weighted by Crippen LogP contribution is 2.19. The number of aromatic nitrogens is 3. The topological polar surface area (TPSA) is 79.8 Å². The number of benzene rings is 3. The molecule has 0 saturated heterocycles. The van der Waals surface area contributed by atoms with Crippen LogP contribution in [0.3, 0.4) is 0 Å².